The quantitative estimate of drug-likeness (QED) is 0.119. The summed E-state index contributed by atoms with van der Waals surface area (Å²) in [5.74, 6) is -3.65. The molecule has 0 radical (unpaired) electrons. The van der Waals surface area contributed by atoms with E-state index >= 15 is 0 Å². The molecule has 2 aromatic heterocycles. The molecule has 0 bridgehead atoms. The number of hydrogen-bond donors (Lipinski definition) is 9. The molecule has 0 fully saturated rings. The maximum atomic E-state index is 13.1. The molecule has 0 aliphatic rings. The monoisotopic (exact) mass is 545 g/mol. The molecule has 1 aromatic carbocycles. The van der Waals surface area contributed by atoms with E-state index in [4.69, 9.17) is 5.73 Å². The van der Waals surface area contributed by atoms with Gasteiger partial charge in [-0.15, -0.1) is 0 Å². The molecule has 0 aliphatic carbocycles. The topological polar surface area (TPSA) is 215 Å². The number of H-pyrrole nitrogens is 2. The number of carboxylic acid groups (broad SMARTS) is 1. The average molecular weight is 546 g/mol. The van der Waals surface area contributed by atoms with Crippen LogP contribution in [0.5, 0.6) is 0 Å². The SMILES string of the molecule is CC(O)C(N)C(=O)NC(Cc1cnc[nH]1)C(=O)NC(CS)C(=O)NC(Cc1c[nH]c2ccccc12)C(=O)O. The smallest absolute Gasteiger partial charge is 0.326 e. The molecule has 38 heavy (non-hydrogen) atoms. The zero-order chi connectivity index (χ0) is 27.8. The molecule has 3 rings (SSSR count). The molecule has 3 amide bonds. The van der Waals surface area contributed by atoms with Crippen LogP contribution >= 0.6 is 12.6 Å². The molecule has 5 unspecified atom stereocenters. The number of benzene rings is 1. The van der Waals surface area contributed by atoms with Crippen LogP contribution in [0, 0.1) is 0 Å². The molecule has 0 spiro atoms. The largest absolute Gasteiger partial charge is 0.480 e. The lowest BCUT2D eigenvalue weighted by atomic mass is 10.0. The van der Waals surface area contributed by atoms with Crippen LogP contribution in [0.15, 0.2) is 43.0 Å². The van der Waals surface area contributed by atoms with Crippen molar-refractivity contribution in [3.05, 3.63) is 54.2 Å². The number of nitrogens with two attached hydrogens (primary N) is 1. The second-order valence-electron chi connectivity index (χ2n) is 8.82. The van der Waals surface area contributed by atoms with Crippen LogP contribution in [0.25, 0.3) is 10.9 Å². The highest BCUT2D eigenvalue weighted by Crippen LogP contribution is 2.19. The van der Waals surface area contributed by atoms with Crippen LogP contribution < -0.4 is 21.7 Å². The Labute approximate surface area is 223 Å². The molecule has 14 heteroatoms. The minimum Gasteiger partial charge on any atom is -0.480 e. The molecule has 0 saturated carbocycles. The van der Waals surface area contributed by atoms with Gasteiger partial charge in [-0.05, 0) is 18.6 Å². The number of carbonyl (C=O) groups excluding carboxylic acids is 3. The Kier molecular flexibility index (Phi) is 9.87. The molecule has 0 saturated heterocycles. The summed E-state index contributed by atoms with van der Waals surface area (Å²) in [5.41, 5.74) is 7.74. The number of aliphatic carboxylic acids is 1. The zero-order valence-electron chi connectivity index (χ0n) is 20.5. The number of aromatic nitrogens is 3. The van der Waals surface area contributed by atoms with E-state index in [-0.39, 0.29) is 18.6 Å². The number of hydrogen-bond acceptors (Lipinski definition) is 8. The molecular weight excluding hydrogens is 514 g/mol. The number of fused-ring (bicyclic) bond motifs is 1. The number of thiol groups is 1. The molecule has 204 valence electrons. The van der Waals surface area contributed by atoms with Crippen molar-refractivity contribution >= 4 is 47.2 Å². The van der Waals surface area contributed by atoms with Gasteiger partial charge in [0.2, 0.25) is 17.7 Å². The lowest BCUT2D eigenvalue weighted by molar-refractivity contribution is -0.142. The van der Waals surface area contributed by atoms with Crippen molar-refractivity contribution < 1.29 is 29.4 Å². The fourth-order valence-electron chi connectivity index (χ4n) is 3.77. The summed E-state index contributed by atoms with van der Waals surface area (Å²) in [6.45, 7) is 1.34. The van der Waals surface area contributed by atoms with Gasteiger partial charge in [0.05, 0.1) is 12.4 Å². The normalized spacial score (nSPS) is 15.2. The van der Waals surface area contributed by atoms with Gasteiger partial charge in [-0.25, -0.2) is 9.78 Å². The van der Waals surface area contributed by atoms with Crippen molar-refractivity contribution in [1.82, 2.24) is 30.9 Å². The Bertz CT molecular complexity index is 1260. The van der Waals surface area contributed by atoms with Crippen LogP contribution in [0.2, 0.25) is 0 Å². The summed E-state index contributed by atoms with van der Waals surface area (Å²) in [5, 5.41) is 27.6. The molecule has 13 nitrogen and oxygen atoms in total. The van der Waals surface area contributed by atoms with Crippen LogP contribution in [0.3, 0.4) is 0 Å². The zero-order valence-corrected chi connectivity index (χ0v) is 21.4. The summed E-state index contributed by atoms with van der Waals surface area (Å²) in [6.07, 6.45) is 3.39. The minimum atomic E-state index is -1.28. The van der Waals surface area contributed by atoms with E-state index in [9.17, 15) is 29.4 Å². The predicted molar refractivity (Wildman–Crippen MR) is 141 cm³/mol. The fraction of sp³-hybridized carbons (Fsp3) is 0.375. The summed E-state index contributed by atoms with van der Waals surface area (Å²) in [6, 6.07) is 2.43. The van der Waals surface area contributed by atoms with Crippen LogP contribution in [0.1, 0.15) is 18.2 Å². The third-order valence-electron chi connectivity index (χ3n) is 5.96. The van der Waals surface area contributed by atoms with Crippen molar-refractivity contribution in [3.63, 3.8) is 0 Å². The van der Waals surface area contributed by atoms with E-state index in [1.165, 1.54) is 19.4 Å². The summed E-state index contributed by atoms with van der Waals surface area (Å²) >= 11 is 4.14. The highest BCUT2D eigenvalue weighted by molar-refractivity contribution is 7.80. The molecule has 9 N–H and O–H groups in total. The van der Waals surface area contributed by atoms with Crippen molar-refractivity contribution in [2.75, 3.05) is 5.75 Å². The number of aliphatic hydroxyl groups excluding tert-OH is 1. The lowest BCUT2D eigenvalue weighted by Gasteiger charge is -2.24. The van der Waals surface area contributed by atoms with Crippen molar-refractivity contribution in [1.29, 1.82) is 0 Å². The van der Waals surface area contributed by atoms with Crippen LogP contribution in [-0.4, -0.2) is 84.9 Å². The van der Waals surface area contributed by atoms with Crippen molar-refractivity contribution in [2.24, 2.45) is 5.73 Å². The number of para-hydroxylation sites is 1. The number of nitrogens with zero attached hydrogens (tertiary/aromatic N) is 1. The first-order chi connectivity index (χ1) is 18.1. The van der Waals surface area contributed by atoms with Crippen LogP contribution in [-0.2, 0) is 32.0 Å². The first-order valence-corrected chi connectivity index (χ1v) is 12.4. The third-order valence-corrected chi connectivity index (χ3v) is 6.33. The predicted octanol–water partition coefficient (Wildman–Crippen LogP) is -1.15. The summed E-state index contributed by atoms with van der Waals surface area (Å²) < 4.78 is 0. The van der Waals surface area contributed by atoms with E-state index in [2.05, 4.69) is 43.5 Å². The van der Waals surface area contributed by atoms with E-state index in [1.54, 1.807) is 6.20 Å². The Morgan fingerprint density at radius 2 is 1.66 bits per heavy atom. The minimum absolute atomic E-state index is 0.00800. The number of carboxylic acids is 1. The van der Waals surface area contributed by atoms with Gasteiger partial charge in [-0.1, -0.05) is 18.2 Å². The Hall–Kier alpha value is -3.88. The number of nitrogens with one attached hydrogen (secondary N) is 5. The second-order valence-corrected chi connectivity index (χ2v) is 9.18. The molecular formula is C24H31N7O6S. The number of aliphatic hydroxyl groups is 1. The van der Waals surface area contributed by atoms with Crippen molar-refractivity contribution in [2.45, 2.75) is 50.0 Å². The second kappa shape index (κ2) is 13.1. The Balaban J connectivity index is 1.70. The number of carbonyl (C=O) groups is 4. The van der Waals surface area contributed by atoms with E-state index in [0.29, 0.717) is 11.3 Å². The Morgan fingerprint density at radius 3 is 2.29 bits per heavy atom. The first-order valence-electron chi connectivity index (χ1n) is 11.8. The van der Waals surface area contributed by atoms with Gasteiger partial charge in [0.1, 0.15) is 24.2 Å². The third kappa shape index (κ3) is 7.34. The molecule has 2 heterocycles. The fourth-order valence-corrected chi connectivity index (χ4v) is 4.03. The van der Waals surface area contributed by atoms with Gasteiger partial charge >= 0.3 is 5.97 Å². The van der Waals surface area contributed by atoms with Gasteiger partial charge in [0.25, 0.3) is 0 Å². The van der Waals surface area contributed by atoms with Gasteiger partial charge in [-0.2, -0.15) is 12.6 Å². The van der Waals surface area contributed by atoms with Gasteiger partial charge < -0.3 is 41.9 Å². The van der Waals surface area contributed by atoms with Crippen molar-refractivity contribution in [3.8, 4) is 0 Å². The number of amides is 3. The standard InChI is InChI=1S/C24H31N7O6S/c1-12(32)20(25)23(35)29-17(7-14-9-26-11-28-14)21(33)31-19(10-38)22(34)30-18(24(36)37)6-13-8-27-16-5-3-2-4-15(13)16/h2-5,8-9,11-12,17-20,27,32,38H,6-7,10,25H2,1H3,(H,26,28)(H,29,35)(H,30,34)(H,31,33)(H,36,37). The lowest BCUT2D eigenvalue weighted by Crippen LogP contribution is -2.59. The number of aromatic amines is 2. The molecule has 5 atom stereocenters. The summed E-state index contributed by atoms with van der Waals surface area (Å²) in [7, 11) is 0. The summed E-state index contributed by atoms with van der Waals surface area (Å²) in [4.78, 5) is 60.2. The average Bonchev–Trinajstić information content (AvgIpc) is 3.55. The number of imidazole rings is 1. The van der Waals surface area contributed by atoms with E-state index in [1.807, 2.05) is 24.3 Å². The van der Waals surface area contributed by atoms with Gasteiger partial charge in [0.15, 0.2) is 0 Å². The highest BCUT2D eigenvalue weighted by Gasteiger charge is 2.31. The molecule has 3 aromatic rings. The molecule has 0 aliphatic heterocycles. The maximum Gasteiger partial charge on any atom is 0.326 e. The van der Waals surface area contributed by atoms with E-state index in [0.717, 1.165) is 10.9 Å². The van der Waals surface area contributed by atoms with Crippen LogP contribution in [0.4, 0.5) is 0 Å². The Morgan fingerprint density at radius 1 is 1.00 bits per heavy atom. The first kappa shape index (κ1) is 28.7. The highest BCUT2D eigenvalue weighted by atomic mass is 32.1. The number of rotatable bonds is 13. The maximum absolute atomic E-state index is 13.1. The van der Waals surface area contributed by atoms with E-state index < -0.39 is 54.0 Å². The van der Waals surface area contributed by atoms with Gasteiger partial charge in [-0.3, -0.25) is 14.4 Å². The van der Waals surface area contributed by atoms with Gasteiger partial charge in [0, 0.05) is 47.6 Å².